The molecule has 5 rings (SSSR count). The van der Waals surface area contributed by atoms with Crippen molar-refractivity contribution in [1.29, 1.82) is 0 Å². The van der Waals surface area contributed by atoms with E-state index < -0.39 is 18.0 Å². The number of amides is 2. The van der Waals surface area contributed by atoms with Crippen LogP contribution in [0.5, 0.6) is 0 Å². The number of benzene rings is 1. The molecule has 2 aromatic heterocycles. The van der Waals surface area contributed by atoms with Gasteiger partial charge >= 0.3 is 6.09 Å². The lowest BCUT2D eigenvalue weighted by Crippen LogP contribution is -2.47. The smallest absolute Gasteiger partial charge is 0.414 e. The largest absolute Gasteiger partial charge is 0.472 e. The fourth-order valence-electron chi connectivity index (χ4n) is 4.18. The van der Waals surface area contributed by atoms with E-state index >= 15 is 4.39 Å². The van der Waals surface area contributed by atoms with Gasteiger partial charge in [0.15, 0.2) is 0 Å². The molecule has 1 N–H and O–H groups in total. The van der Waals surface area contributed by atoms with Crippen molar-refractivity contribution in [2.75, 3.05) is 54.0 Å². The maximum Gasteiger partial charge on any atom is 0.414 e. The Morgan fingerprint density at radius 3 is 2.65 bits per heavy atom. The number of nitrogens with one attached hydrogen (secondary N) is 1. The van der Waals surface area contributed by atoms with E-state index in [-0.39, 0.29) is 19.0 Å². The molecule has 4 heterocycles. The van der Waals surface area contributed by atoms with Crippen LogP contribution in [0.1, 0.15) is 10.4 Å². The first kappa shape index (κ1) is 21.7. The fraction of sp³-hybridized carbons (Fsp3) is 0.292. The molecule has 0 saturated carbocycles. The van der Waals surface area contributed by atoms with Gasteiger partial charge < -0.3 is 24.3 Å². The number of anilines is 3. The Balaban J connectivity index is 1.18. The van der Waals surface area contributed by atoms with Crippen LogP contribution >= 0.6 is 0 Å². The summed E-state index contributed by atoms with van der Waals surface area (Å²) in [6.45, 7) is 3.17. The van der Waals surface area contributed by atoms with Crippen molar-refractivity contribution in [3.05, 3.63) is 72.6 Å². The van der Waals surface area contributed by atoms with E-state index in [2.05, 4.69) is 15.2 Å². The number of aromatic nitrogens is 1. The molecule has 2 fully saturated rings. The van der Waals surface area contributed by atoms with Crippen LogP contribution in [0.25, 0.3) is 0 Å². The lowest BCUT2D eigenvalue weighted by molar-refractivity contribution is 0.0915. The van der Waals surface area contributed by atoms with E-state index in [0.717, 1.165) is 18.9 Å². The lowest BCUT2D eigenvalue weighted by Gasteiger charge is -2.37. The fourth-order valence-corrected chi connectivity index (χ4v) is 4.18. The van der Waals surface area contributed by atoms with Gasteiger partial charge in [-0.1, -0.05) is 6.07 Å². The van der Waals surface area contributed by atoms with Gasteiger partial charge in [-0.25, -0.2) is 14.2 Å². The van der Waals surface area contributed by atoms with Crippen LogP contribution in [0, 0.1) is 5.82 Å². The highest BCUT2D eigenvalue weighted by Crippen LogP contribution is 2.29. The minimum Gasteiger partial charge on any atom is -0.472 e. The Kier molecular flexibility index (Phi) is 6.03. The number of carbonyl (C=O) groups excluding carboxylic acids is 2. The minimum atomic E-state index is -0.571. The average molecular weight is 465 g/mol. The third-order valence-electron chi connectivity index (χ3n) is 5.98. The molecule has 1 atom stereocenters. The Morgan fingerprint density at radius 1 is 1.12 bits per heavy atom. The summed E-state index contributed by atoms with van der Waals surface area (Å²) >= 11 is 0. The summed E-state index contributed by atoms with van der Waals surface area (Å²) < 4.78 is 25.3. The summed E-state index contributed by atoms with van der Waals surface area (Å²) in [7, 11) is 0. The second kappa shape index (κ2) is 9.42. The molecule has 2 amide bonds. The van der Waals surface area contributed by atoms with Crippen LogP contribution < -0.4 is 20.0 Å². The third kappa shape index (κ3) is 4.52. The van der Waals surface area contributed by atoms with Crippen LogP contribution in [0.15, 0.2) is 65.6 Å². The van der Waals surface area contributed by atoms with E-state index in [1.54, 1.807) is 24.4 Å². The monoisotopic (exact) mass is 465 g/mol. The molecule has 2 aliphatic rings. The van der Waals surface area contributed by atoms with Crippen molar-refractivity contribution in [1.82, 2.24) is 10.3 Å². The van der Waals surface area contributed by atoms with Crippen molar-refractivity contribution in [3.63, 3.8) is 0 Å². The molecule has 0 spiro atoms. The number of furan rings is 1. The van der Waals surface area contributed by atoms with Crippen LogP contribution in [0.4, 0.5) is 26.4 Å². The average Bonchev–Trinajstić information content (AvgIpc) is 3.53. The molecule has 34 heavy (non-hydrogen) atoms. The SMILES string of the molecule is O=C(NC[C@H]1CN(c2ccc(N3CCN(c4ccccn4)CC3)c(F)c2)C(=O)O1)c1ccoc1. The van der Waals surface area contributed by atoms with Gasteiger partial charge in [0.05, 0.1) is 36.3 Å². The zero-order valence-corrected chi connectivity index (χ0v) is 18.4. The first-order valence-corrected chi connectivity index (χ1v) is 11.1. The van der Waals surface area contributed by atoms with E-state index in [0.29, 0.717) is 30.0 Å². The molecule has 1 aromatic carbocycles. The summed E-state index contributed by atoms with van der Waals surface area (Å²) in [5.41, 5.74) is 1.31. The molecular weight excluding hydrogens is 441 g/mol. The van der Waals surface area contributed by atoms with Crippen molar-refractivity contribution >= 4 is 29.2 Å². The van der Waals surface area contributed by atoms with Gasteiger partial charge in [-0.05, 0) is 36.4 Å². The normalized spacial score (nSPS) is 18.2. The number of cyclic esters (lactones) is 1. The lowest BCUT2D eigenvalue weighted by atomic mass is 10.2. The van der Waals surface area contributed by atoms with E-state index in [1.807, 2.05) is 23.1 Å². The number of ether oxygens (including phenoxy) is 1. The van der Waals surface area contributed by atoms with Crippen LogP contribution in [0.2, 0.25) is 0 Å². The molecule has 176 valence electrons. The number of pyridine rings is 1. The second-order valence-corrected chi connectivity index (χ2v) is 8.14. The predicted octanol–water partition coefficient (Wildman–Crippen LogP) is 2.90. The number of carbonyl (C=O) groups is 2. The standard InChI is InChI=1S/C24H24FN5O4/c25-20-13-18(30-15-19(34-24(30)32)14-27-23(31)17-6-12-33-16-17)4-5-21(20)28-8-10-29(11-9-28)22-3-1-2-7-26-22/h1-7,12-13,16,19H,8-11,14-15H2,(H,27,31)/t19-/m0/s1. The van der Waals surface area contributed by atoms with Crippen molar-refractivity contribution in [2.45, 2.75) is 6.10 Å². The van der Waals surface area contributed by atoms with Crippen molar-refractivity contribution in [3.8, 4) is 0 Å². The maximum atomic E-state index is 15.0. The Labute approximate surface area is 195 Å². The number of nitrogens with zero attached hydrogens (tertiary/aromatic N) is 4. The van der Waals surface area contributed by atoms with Crippen molar-refractivity contribution < 1.29 is 23.1 Å². The quantitative estimate of drug-likeness (QED) is 0.599. The molecule has 2 aliphatic heterocycles. The topological polar surface area (TPSA) is 91.2 Å². The number of hydrogen-bond acceptors (Lipinski definition) is 7. The predicted molar refractivity (Wildman–Crippen MR) is 124 cm³/mol. The summed E-state index contributed by atoms with van der Waals surface area (Å²) in [4.78, 5) is 34.3. The first-order chi connectivity index (χ1) is 16.6. The van der Waals surface area contributed by atoms with Gasteiger partial charge in [0.2, 0.25) is 0 Å². The molecule has 3 aromatic rings. The number of hydrogen-bond donors (Lipinski definition) is 1. The second-order valence-electron chi connectivity index (χ2n) is 8.14. The summed E-state index contributed by atoms with van der Waals surface area (Å²) in [6.07, 6.45) is 3.40. The number of halogens is 1. The van der Waals surface area contributed by atoms with Gasteiger partial charge in [0.1, 0.15) is 24.0 Å². The van der Waals surface area contributed by atoms with Crippen LogP contribution in [0.3, 0.4) is 0 Å². The molecule has 0 unspecified atom stereocenters. The van der Waals surface area contributed by atoms with E-state index in [9.17, 15) is 9.59 Å². The molecule has 2 saturated heterocycles. The summed E-state index contributed by atoms with van der Waals surface area (Å²) in [5, 5.41) is 2.71. The van der Waals surface area contributed by atoms with E-state index in [1.165, 1.54) is 23.5 Å². The molecule has 10 heteroatoms. The summed E-state index contributed by atoms with van der Waals surface area (Å²) in [5.74, 6) is 0.205. The molecule has 0 radical (unpaired) electrons. The van der Waals surface area contributed by atoms with Crippen LogP contribution in [-0.4, -0.2) is 62.4 Å². The Bertz CT molecular complexity index is 1150. The Morgan fingerprint density at radius 2 is 1.94 bits per heavy atom. The summed E-state index contributed by atoms with van der Waals surface area (Å²) in [6, 6.07) is 12.1. The molecule has 0 aliphatic carbocycles. The molecule has 9 nitrogen and oxygen atoms in total. The maximum absolute atomic E-state index is 15.0. The van der Waals surface area contributed by atoms with Crippen LogP contribution in [-0.2, 0) is 4.74 Å². The van der Waals surface area contributed by atoms with Gasteiger partial charge in [-0.15, -0.1) is 0 Å². The minimum absolute atomic E-state index is 0.146. The third-order valence-corrected chi connectivity index (χ3v) is 5.98. The number of rotatable bonds is 6. The van der Waals surface area contributed by atoms with Crippen molar-refractivity contribution in [2.24, 2.45) is 0 Å². The van der Waals surface area contributed by atoms with Gasteiger partial charge in [-0.3, -0.25) is 9.69 Å². The molecule has 0 bridgehead atoms. The number of piperazine rings is 1. The highest BCUT2D eigenvalue weighted by molar-refractivity contribution is 5.94. The van der Waals surface area contributed by atoms with Gasteiger partial charge in [0.25, 0.3) is 5.91 Å². The van der Waals surface area contributed by atoms with E-state index in [4.69, 9.17) is 9.15 Å². The van der Waals surface area contributed by atoms with Gasteiger partial charge in [0, 0.05) is 32.4 Å². The molecular formula is C24H24FN5O4. The zero-order chi connectivity index (χ0) is 23.5. The first-order valence-electron chi connectivity index (χ1n) is 11.1. The van der Waals surface area contributed by atoms with Gasteiger partial charge in [-0.2, -0.15) is 0 Å². The zero-order valence-electron chi connectivity index (χ0n) is 18.4. The Hall–Kier alpha value is -4.08. The highest BCUT2D eigenvalue weighted by Gasteiger charge is 2.33. The highest BCUT2D eigenvalue weighted by atomic mass is 19.1.